The predicted molar refractivity (Wildman–Crippen MR) is 116 cm³/mol. The minimum Gasteiger partial charge on any atom is -0.493 e. The fraction of sp³-hybridized carbons (Fsp3) is 0.333. The molecule has 1 heterocycles. The van der Waals surface area contributed by atoms with Crippen LogP contribution >= 0.6 is 12.2 Å². The summed E-state index contributed by atoms with van der Waals surface area (Å²) < 4.78 is 21.8. The summed E-state index contributed by atoms with van der Waals surface area (Å²) in [7, 11) is 1.62. The molecule has 1 aliphatic heterocycles. The molecule has 1 aliphatic rings. The third-order valence-corrected chi connectivity index (χ3v) is 4.27. The number of nitrogens with zero attached hydrogens (tertiary/aromatic N) is 1. The molecule has 0 spiro atoms. The Morgan fingerprint density at radius 3 is 2.79 bits per heavy atom. The molecule has 0 bridgehead atoms. The highest BCUT2D eigenvalue weighted by Crippen LogP contribution is 2.32. The number of nitrogens with one attached hydrogen (secondary N) is 2. The highest BCUT2D eigenvalue weighted by molar-refractivity contribution is 7.80. The molecule has 0 radical (unpaired) electrons. The van der Waals surface area contributed by atoms with Gasteiger partial charge in [-0.1, -0.05) is 19.9 Å². The maximum absolute atomic E-state index is 5.76. The van der Waals surface area contributed by atoms with Gasteiger partial charge in [-0.25, -0.2) is 0 Å². The van der Waals surface area contributed by atoms with Crippen LogP contribution in [0.5, 0.6) is 23.0 Å². The molecule has 0 aliphatic carbocycles. The van der Waals surface area contributed by atoms with Gasteiger partial charge in [-0.3, -0.25) is 5.43 Å². The van der Waals surface area contributed by atoms with Crippen molar-refractivity contribution >= 4 is 23.5 Å². The zero-order valence-electron chi connectivity index (χ0n) is 16.7. The summed E-state index contributed by atoms with van der Waals surface area (Å²) >= 11 is 5.26. The quantitative estimate of drug-likeness (QED) is 0.389. The van der Waals surface area contributed by atoms with E-state index in [1.165, 1.54) is 0 Å². The second kappa shape index (κ2) is 9.97. The first-order valence-electron chi connectivity index (χ1n) is 9.31. The van der Waals surface area contributed by atoms with Gasteiger partial charge in [-0.05, 0) is 59.6 Å². The van der Waals surface area contributed by atoms with Crippen molar-refractivity contribution < 1.29 is 18.9 Å². The Bertz CT molecular complexity index is 886. The third-order valence-electron chi connectivity index (χ3n) is 4.03. The Balaban J connectivity index is 1.49. The summed E-state index contributed by atoms with van der Waals surface area (Å²) in [6.07, 6.45) is 1.67. The van der Waals surface area contributed by atoms with Gasteiger partial charge in [0.1, 0.15) is 0 Å². The highest BCUT2D eigenvalue weighted by atomic mass is 32.1. The van der Waals surface area contributed by atoms with Crippen LogP contribution in [0.3, 0.4) is 0 Å². The number of thiocarbonyl (C=S) groups is 1. The van der Waals surface area contributed by atoms with Gasteiger partial charge in [-0.2, -0.15) is 5.10 Å². The van der Waals surface area contributed by atoms with Crippen molar-refractivity contribution in [1.29, 1.82) is 0 Å². The number of rotatable bonds is 8. The molecule has 7 nitrogen and oxygen atoms in total. The number of methoxy groups -OCH3 is 1. The van der Waals surface area contributed by atoms with E-state index in [2.05, 4.69) is 29.7 Å². The van der Waals surface area contributed by atoms with Crippen LogP contribution in [0, 0.1) is 5.92 Å². The molecule has 2 aromatic carbocycles. The predicted octanol–water partition coefficient (Wildman–Crippen LogP) is 3.46. The summed E-state index contributed by atoms with van der Waals surface area (Å²) in [5.74, 6) is 3.33. The fourth-order valence-electron chi connectivity index (χ4n) is 2.58. The van der Waals surface area contributed by atoms with Crippen LogP contribution in [0.1, 0.15) is 25.0 Å². The molecule has 154 valence electrons. The molecule has 2 N–H and O–H groups in total. The average molecular weight is 416 g/mol. The SMILES string of the molecule is COc1cc(/C=N\NC(=S)NCc2ccc3c(c2)OCO3)ccc1OCC(C)C. The van der Waals surface area contributed by atoms with Gasteiger partial charge in [0.05, 0.1) is 19.9 Å². The first-order chi connectivity index (χ1) is 14.0. The van der Waals surface area contributed by atoms with E-state index in [-0.39, 0.29) is 6.79 Å². The van der Waals surface area contributed by atoms with Gasteiger partial charge in [0.15, 0.2) is 28.1 Å². The topological polar surface area (TPSA) is 73.3 Å². The number of ether oxygens (including phenoxy) is 4. The van der Waals surface area contributed by atoms with Crippen LogP contribution in [0.4, 0.5) is 0 Å². The Hall–Kier alpha value is -3.00. The Morgan fingerprint density at radius 1 is 1.17 bits per heavy atom. The van der Waals surface area contributed by atoms with Crippen molar-refractivity contribution in [3.05, 3.63) is 47.5 Å². The van der Waals surface area contributed by atoms with Gasteiger partial charge in [0.2, 0.25) is 6.79 Å². The molecule has 0 saturated heterocycles. The molecule has 0 saturated carbocycles. The summed E-state index contributed by atoms with van der Waals surface area (Å²) in [6, 6.07) is 11.4. The lowest BCUT2D eigenvalue weighted by Gasteiger charge is -2.12. The van der Waals surface area contributed by atoms with Crippen LogP contribution in [0.15, 0.2) is 41.5 Å². The van der Waals surface area contributed by atoms with Crippen molar-refractivity contribution in [3.8, 4) is 23.0 Å². The molecule has 0 amide bonds. The standard InChI is InChI=1S/C21H25N3O4S/c1-14(2)12-26-17-6-5-16(8-19(17)25-3)11-23-24-21(29)22-10-15-4-7-18-20(9-15)28-13-27-18/h4-9,11,14H,10,12-13H2,1-3H3,(H2,22,24,29)/b23-11-. The smallest absolute Gasteiger partial charge is 0.231 e. The van der Waals surface area contributed by atoms with Crippen molar-refractivity contribution in [2.75, 3.05) is 20.5 Å². The lowest BCUT2D eigenvalue weighted by molar-refractivity contribution is 0.174. The van der Waals surface area contributed by atoms with Gasteiger partial charge in [-0.15, -0.1) is 0 Å². The lowest BCUT2D eigenvalue weighted by Crippen LogP contribution is -2.31. The van der Waals surface area contributed by atoms with Gasteiger partial charge in [0.25, 0.3) is 0 Å². The van der Waals surface area contributed by atoms with E-state index < -0.39 is 0 Å². The van der Waals surface area contributed by atoms with Crippen molar-refractivity contribution in [1.82, 2.24) is 10.7 Å². The normalized spacial score (nSPS) is 12.3. The molecular weight excluding hydrogens is 390 g/mol. The number of hydrogen-bond acceptors (Lipinski definition) is 6. The van der Waals surface area contributed by atoms with E-state index in [4.69, 9.17) is 31.2 Å². The van der Waals surface area contributed by atoms with E-state index in [0.29, 0.717) is 35.7 Å². The van der Waals surface area contributed by atoms with E-state index in [1.807, 2.05) is 36.4 Å². The molecule has 2 aromatic rings. The number of hydrazone groups is 1. The van der Waals surface area contributed by atoms with Crippen LogP contribution < -0.4 is 29.7 Å². The first kappa shape index (κ1) is 20.7. The van der Waals surface area contributed by atoms with E-state index in [0.717, 1.165) is 22.6 Å². The Labute approximate surface area is 176 Å². The minimum atomic E-state index is 0.260. The molecule has 8 heteroatoms. The number of benzene rings is 2. The fourth-order valence-corrected chi connectivity index (χ4v) is 2.70. The molecule has 0 fully saturated rings. The minimum absolute atomic E-state index is 0.260. The maximum atomic E-state index is 5.76. The molecule has 0 aromatic heterocycles. The Morgan fingerprint density at radius 2 is 2.00 bits per heavy atom. The second-order valence-corrected chi connectivity index (χ2v) is 7.26. The zero-order chi connectivity index (χ0) is 20.6. The summed E-state index contributed by atoms with van der Waals surface area (Å²) in [6.45, 7) is 5.64. The second-order valence-electron chi connectivity index (χ2n) is 6.86. The molecule has 0 unspecified atom stereocenters. The molecule has 29 heavy (non-hydrogen) atoms. The van der Waals surface area contributed by atoms with E-state index >= 15 is 0 Å². The summed E-state index contributed by atoms with van der Waals surface area (Å²) in [5.41, 5.74) is 4.70. The van der Waals surface area contributed by atoms with Crippen LogP contribution in [-0.2, 0) is 6.54 Å². The van der Waals surface area contributed by atoms with E-state index in [9.17, 15) is 0 Å². The van der Waals surface area contributed by atoms with Crippen LogP contribution in [-0.4, -0.2) is 31.8 Å². The summed E-state index contributed by atoms with van der Waals surface area (Å²) in [5, 5.41) is 7.69. The Kier molecular flexibility index (Phi) is 7.13. The van der Waals surface area contributed by atoms with Crippen LogP contribution in [0.25, 0.3) is 0 Å². The van der Waals surface area contributed by atoms with Gasteiger partial charge in [0, 0.05) is 6.54 Å². The van der Waals surface area contributed by atoms with Gasteiger partial charge < -0.3 is 24.3 Å². The lowest BCUT2D eigenvalue weighted by atomic mass is 10.2. The number of fused-ring (bicyclic) bond motifs is 1. The maximum Gasteiger partial charge on any atom is 0.231 e. The van der Waals surface area contributed by atoms with Crippen molar-refractivity contribution in [2.45, 2.75) is 20.4 Å². The molecule has 0 atom stereocenters. The van der Waals surface area contributed by atoms with Crippen LogP contribution in [0.2, 0.25) is 0 Å². The molecule has 3 rings (SSSR count). The number of hydrogen-bond donors (Lipinski definition) is 2. The highest BCUT2D eigenvalue weighted by Gasteiger charge is 2.13. The van der Waals surface area contributed by atoms with Crippen molar-refractivity contribution in [2.24, 2.45) is 11.0 Å². The molecular formula is C21H25N3O4S. The third kappa shape index (κ3) is 5.99. The monoisotopic (exact) mass is 415 g/mol. The average Bonchev–Trinajstić information content (AvgIpc) is 3.19. The zero-order valence-corrected chi connectivity index (χ0v) is 17.5. The van der Waals surface area contributed by atoms with E-state index in [1.54, 1.807) is 13.3 Å². The van der Waals surface area contributed by atoms with Crippen molar-refractivity contribution in [3.63, 3.8) is 0 Å². The van der Waals surface area contributed by atoms with Gasteiger partial charge >= 0.3 is 0 Å². The summed E-state index contributed by atoms with van der Waals surface area (Å²) in [4.78, 5) is 0. The largest absolute Gasteiger partial charge is 0.493 e. The first-order valence-corrected chi connectivity index (χ1v) is 9.72.